The molecule has 0 atom stereocenters. The van der Waals surface area contributed by atoms with Gasteiger partial charge in [0.05, 0.1) is 24.3 Å². The van der Waals surface area contributed by atoms with Gasteiger partial charge in [-0.05, 0) is 48.2 Å². The maximum Gasteiger partial charge on any atom is 0.416 e. The number of likely N-dealkylation sites (tertiary alicyclic amines) is 1. The Balaban J connectivity index is 1.54. The molecule has 1 N–H and O–H groups in total. The summed E-state index contributed by atoms with van der Waals surface area (Å²) in [5.41, 5.74) is 0.842. The zero-order valence-electron chi connectivity index (χ0n) is 22.8. The van der Waals surface area contributed by atoms with E-state index in [4.69, 9.17) is 9.47 Å². The number of carboxylic acid groups (broad SMARTS) is 1. The number of ether oxygens (including phenoxy) is 2. The molecule has 1 saturated heterocycles. The molecule has 1 aromatic heterocycles. The molecule has 212 valence electrons. The summed E-state index contributed by atoms with van der Waals surface area (Å²) in [6.45, 7) is 8.56. The molecule has 2 heterocycles. The molecule has 3 aromatic rings. The van der Waals surface area contributed by atoms with Crippen molar-refractivity contribution in [2.45, 2.75) is 63.5 Å². The third-order valence-electron chi connectivity index (χ3n) is 7.54. The van der Waals surface area contributed by atoms with Crippen LogP contribution in [0.5, 0.6) is 0 Å². The van der Waals surface area contributed by atoms with Crippen LogP contribution in [0.3, 0.4) is 0 Å². The van der Waals surface area contributed by atoms with E-state index in [0.29, 0.717) is 49.0 Å². The van der Waals surface area contributed by atoms with Gasteiger partial charge < -0.3 is 24.0 Å². The quantitative estimate of drug-likeness (QED) is 0.210. The van der Waals surface area contributed by atoms with Gasteiger partial charge in [-0.15, -0.1) is 0 Å². The first-order valence-corrected chi connectivity index (χ1v) is 17.0. The molecule has 10 heteroatoms. The maximum atomic E-state index is 13.8. The number of hydrogen-bond donors (Lipinski definition) is 1. The zero-order valence-corrected chi connectivity index (χ0v) is 23.8. The number of halogens is 3. The Labute approximate surface area is 228 Å². The van der Waals surface area contributed by atoms with Crippen LogP contribution in [0.2, 0.25) is 25.7 Å². The van der Waals surface area contributed by atoms with Gasteiger partial charge in [-0.25, -0.2) is 4.79 Å². The van der Waals surface area contributed by atoms with E-state index in [1.165, 1.54) is 17.0 Å². The van der Waals surface area contributed by atoms with E-state index in [1.807, 2.05) is 36.4 Å². The smallest absolute Gasteiger partial charge is 0.416 e. The van der Waals surface area contributed by atoms with Crippen molar-refractivity contribution in [2.75, 3.05) is 26.3 Å². The van der Waals surface area contributed by atoms with Crippen molar-refractivity contribution in [1.82, 2.24) is 9.47 Å². The minimum absolute atomic E-state index is 0.0120. The van der Waals surface area contributed by atoms with E-state index < -0.39 is 31.3 Å². The van der Waals surface area contributed by atoms with Gasteiger partial charge in [-0.3, -0.25) is 0 Å². The Bertz CT molecular complexity index is 1260. The first-order valence-electron chi connectivity index (χ1n) is 13.3. The predicted molar refractivity (Wildman–Crippen MR) is 148 cm³/mol. The van der Waals surface area contributed by atoms with Gasteiger partial charge in [0.15, 0.2) is 0 Å². The van der Waals surface area contributed by atoms with E-state index in [0.717, 1.165) is 11.6 Å². The fourth-order valence-corrected chi connectivity index (χ4v) is 5.86. The van der Waals surface area contributed by atoms with Crippen LogP contribution < -0.4 is 0 Å². The number of rotatable bonds is 10. The van der Waals surface area contributed by atoms with Gasteiger partial charge in [0.2, 0.25) is 0 Å². The summed E-state index contributed by atoms with van der Waals surface area (Å²) in [6, 6.07) is 14.9. The van der Waals surface area contributed by atoms with E-state index in [9.17, 15) is 23.1 Å². The first kappa shape index (κ1) is 29.2. The topological polar surface area (TPSA) is 63.9 Å². The maximum absolute atomic E-state index is 13.8. The highest BCUT2D eigenvalue weighted by molar-refractivity contribution is 6.76. The van der Waals surface area contributed by atoms with Crippen molar-refractivity contribution in [3.63, 3.8) is 0 Å². The highest BCUT2D eigenvalue weighted by Gasteiger charge is 2.38. The Hall–Kier alpha value is -2.82. The summed E-state index contributed by atoms with van der Waals surface area (Å²) >= 11 is 0. The Kier molecular flexibility index (Phi) is 8.77. The van der Waals surface area contributed by atoms with Gasteiger partial charge in [-0.2, -0.15) is 13.2 Å². The van der Waals surface area contributed by atoms with Crippen molar-refractivity contribution < 1.29 is 32.5 Å². The molecule has 2 aromatic carbocycles. The molecule has 39 heavy (non-hydrogen) atoms. The van der Waals surface area contributed by atoms with Crippen molar-refractivity contribution in [3.05, 3.63) is 71.4 Å². The molecule has 1 fully saturated rings. The van der Waals surface area contributed by atoms with Crippen LogP contribution in [0, 0.1) is 0 Å². The number of carbonyl (C=O) groups is 1. The van der Waals surface area contributed by atoms with Gasteiger partial charge >= 0.3 is 12.3 Å². The van der Waals surface area contributed by atoms with Gasteiger partial charge in [-0.1, -0.05) is 50.0 Å². The van der Waals surface area contributed by atoms with Crippen LogP contribution in [-0.2, 0) is 34.4 Å². The highest BCUT2D eigenvalue weighted by atomic mass is 28.3. The molecular formula is C29H37F3N2O4Si. The Morgan fingerprint density at radius 3 is 2.36 bits per heavy atom. The SMILES string of the molecule is C[Si](C)(C)CCOCn1ccc2c(COCC3(c4ccccc4)CCN(C(=O)O)CC3)cc(C(F)(F)F)cc21. The monoisotopic (exact) mass is 562 g/mol. The lowest BCUT2D eigenvalue weighted by Crippen LogP contribution is -2.47. The molecule has 0 unspecified atom stereocenters. The number of amides is 1. The van der Waals surface area contributed by atoms with Crippen LogP contribution in [-0.4, -0.2) is 55.0 Å². The molecule has 0 radical (unpaired) electrons. The molecule has 6 nitrogen and oxygen atoms in total. The molecular weight excluding hydrogens is 525 g/mol. The zero-order chi connectivity index (χ0) is 28.3. The minimum atomic E-state index is -4.49. The van der Waals surface area contributed by atoms with E-state index in [2.05, 4.69) is 19.6 Å². The largest absolute Gasteiger partial charge is 0.465 e. The van der Waals surface area contributed by atoms with E-state index in [1.54, 1.807) is 10.8 Å². The third-order valence-corrected chi connectivity index (χ3v) is 9.25. The minimum Gasteiger partial charge on any atom is -0.465 e. The van der Waals surface area contributed by atoms with E-state index in [-0.39, 0.29) is 19.9 Å². The molecule has 0 saturated carbocycles. The van der Waals surface area contributed by atoms with Crippen LogP contribution in [0.25, 0.3) is 10.9 Å². The standard InChI is InChI=1S/C29H37F3N2O4Si/c1-39(2,3)16-15-37-21-34-12-9-25-22(17-24(18-26(25)34)29(30,31)32)19-38-20-28(23-7-5-4-6-8-23)10-13-33(14-11-28)27(35)36/h4-9,12,17-18H,10-11,13-16,19-21H2,1-3H3,(H,35,36). The number of benzene rings is 2. The summed E-state index contributed by atoms with van der Waals surface area (Å²) in [4.78, 5) is 12.9. The number of aromatic nitrogens is 1. The van der Waals surface area contributed by atoms with Crippen LogP contribution in [0.15, 0.2) is 54.7 Å². The lowest BCUT2D eigenvalue weighted by atomic mass is 9.73. The summed E-state index contributed by atoms with van der Waals surface area (Å²) in [6.07, 6.45) is -2.53. The van der Waals surface area contributed by atoms with Crippen LogP contribution >= 0.6 is 0 Å². The average Bonchev–Trinajstić information content (AvgIpc) is 3.29. The molecule has 4 rings (SSSR count). The molecule has 0 bridgehead atoms. The van der Waals surface area contributed by atoms with Crippen LogP contribution in [0.1, 0.15) is 29.5 Å². The molecule has 1 amide bonds. The summed E-state index contributed by atoms with van der Waals surface area (Å²) in [5.74, 6) is 0. The lowest BCUT2D eigenvalue weighted by Gasteiger charge is -2.41. The van der Waals surface area contributed by atoms with Crippen molar-refractivity contribution in [3.8, 4) is 0 Å². The number of alkyl halides is 3. The number of piperidine rings is 1. The van der Waals surface area contributed by atoms with Crippen LogP contribution in [0.4, 0.5) is 18.0 Å². The van der Waals surface area contributed by atoms with Gasteiger partial charge in [0.1, 0.15) is 6.73 Å². The summed E-state index contributed by atoms with van der Waals surface area (Å²) in [7, 11) is -1.28. The normalized spacial score (nSPS) is 16.1. The molecule has 1 aliphatic heterocycles. The fourth-order valence-electron chi connectivity index (χ4n) is 5.10. The van der Waals surface area contributed by atoms with Gasteiger partial charge in [0, 0.05) is 44.8 Å². The second-order valence-electron chi connectivity index (χ2n) is 11.6. The number of nitrogens with zero attached hydrogens (tertiary/aromatic N) is 2. The van der Waals surface area contributed by atoms with Gasteiger partial charge in [0.25, 0.3) is 0 Å². The second kappa shape index (κ2) is 11.7. The first-order chi connectivity index (χ1) is 18.4. The van der Waals surface area contributed by atoms with E-state index >= 15 is 0 Å². The van der Waals surface area contributed by atoms with Crippen molar-refractivity contribution in [2.24, 2.45) is 0 Å². The summed E-state index contributed by atoms with van der Waals surface area (Å²) < 4.78 is 55.2. The Morgan fingerprint density at radius 2 is 1.74 bits per heavy atom. The number of hydrogen-bond acceptors (Lipinski definition) is 3. The molecule has 1 aliphatic rings. The number of fused-ring (bicyclic) bond motifs is 1. The third kappa shape index (κ3) is 7.23. The molecule has 0 spiro atoms. The fraction of sp³-hybridized carbons (Fsp3) is 0.483. The summed E-state index contributed by atoms with van der Waals surface area (Å²) in [5, 5.41) is 10.1. The second-order valence-corrected chi connectivity index (χ2v) is 17.2. The van der Waals surface area contributed by atoms with Crippen molar-refractivity contribution in [1.29, 1.82) is 0 Å². The predicted octanol–water partition coefficient (Wildman–Crippen LogP) is 7.20. The average molecular weight is 563 g/mol. The highest BCUT2D eigenvalue weighted by Crippen LogP contribution is 2.37. The molecule has 0 aliphatic carbocycles. The Morgan fingerprint density at radius 1 is 1.05 bits per heavy atom. The van der Waals surface area contributed by atoms with Crippen molar-refractivity contribution >= 4 is 25.1 Å². The lowest BCUT2D eigenvalue weighted by molar-refractivity contribution is -0.137.